The third kappa shape index (κ3) is 2.26. The van der Waals surface area contributed by atoms with E-state index in [0.29, 0.717) is 0 Å². The zero-order valence-corrected chi connectivity index (χ0v) is 8.73. The molecule has 0 aliphatic heterocycles. The van der Waals surface area contributed by atoms with Crippen LogP contribution < -0.4 is 0 Å². The van der Waals surface area contributed by atoms with Gasteiger partial charge >= 0.3 is 0 Å². The van der Waals surface area contributed by atoms with Gasteiger partial charge in [0.05, 0.1) is 6.10 Å². The lowest BCUT2D eigenvalue weighted by molar-refractivity contribution is 0.0525. The average Bonchev–Trinajstić information content (AvgIpc) is 2.30. The maximum absolute atomic E-state index is 12.1. The van der Waals surface area contributed by atoms with Gasteiger partial charge in [0.1, 0.15) is 0 Å². The second-order valence-corrected chi connectivity index (χ2v) is 4.19. The van der Waals surface area contributed by atoms with Gasteiger partial charge in [-0.3, -0.25) is 4.79 Å². The fourth-order valence-corrected chi connectivity index (χ4v) is 2.23. The second kappa shape index (κ2) is 4.58. The summed E-state index contributed by atoms with van der Waals surface area (Å²) in [6.45, 7) is 0. The predicted octanol–water partition coefficient (Wildman–Crippen LogP) is 2.42. The fraction of sp³-hybridized carbons (Fsp3) is 0.462. The van der Waals surface area contributed by atoms with E-state index < -0.39 is 6.10 Å². The van der Waals surface area contributed by atoms with Crippen LogP contribution in [0.2, 0.25) is 0 Å². The van der Waals surface area contributed by atoms with Crippen molar-refractivity contribution >= 4 is 5.78 Å². The second-order valence-electron chi connectivity index (χ2n) is 4.19. The van der Waals surface area contributed by atoms with Gasteiger partial charge in [-0.15, -0.1) is 0 Å². The standard InChI is InChI=1S/C13H16O2/c14-12-9-5-4-8-11(12)13(15)10-6-2-1-3-7-10/h1-3,6-7,11-12,14H,4-5,8-9H2/t11-,12+/m1/s1. The molecule has 1 N–H and O–H groups in total. The molecule has 0 bridgehead atoms. The molecule has 0 aromatic heterocycles. The Morgan fingerprint density at radius 1 is 1.13 bits per heavy atom. The number of rotatable bonds is 2. The number of carbonyl (C=O) groups excluding carboxylic acids is 1. The van der Waals surface area contributed by atoms with Gasteiger partial charge in [0.15, 0.2) is 5.78 Å². The normalized spacial score (nSPS) is 26.2. The van der Waals surface area contributed by atoms with Crippen molar-refractivity contribution in [2.45, 2.75) is 31.8 Å². The van der Waals surface area contributed by atoms with Crippen molar-refractivity contribution in [1.82, 2.24) is 0 Å². The Bertz CT molecular complexity index is 332. The van der Waals surface area contributed by atoms with Crippen LogP contribution in [-0.4, -0.2) is 17.0 Å². The Balaban J connectivity index is 2.13. The molecule has 0 heterocycles. The Labute approximate surface area is 89.9 Å². The molecule has 0 amide bonds. The number of hydrogen-bond acceptors (Lipinski definition) is 2. The maximum atomic E-state index is 12.1. The first-order valence-electron chi connectivity index (χ1n) is 5.56. The minimum atomic E-state index is -0.438. The van der Waals surface area contributed by atoms with Gasteiger partial charge in [-0.2, -0.15) is 0 Å². The van der Waals surface area contributed by atoms with Crippen molar-refractivity contribution in [1.29, 1.82) is 0 Å². The summed E-state index contributed by atoms with van der Waals surface area (Å²) in [5.74, 6) is -0.0797. The van der Waals surface area contributed by atoms with E-state index in [-0.39, 0.29) is 11.7 Å². The van der Waals surface area contributed by atoms with Crippen LogP contribution in [0.15, 0.2) is 30.3 Å². The van der Waals surface area contributed by atoms with E-state index in [4.69, 9.17) is 0 Å². The quantitative estimate of drug-likeness (QED) is 0.751. The summed E-state index contributed by atoms with van der Waals surface area (Å²) in [6, 6.07) is 9.27. The fourth-order valence-electron chi connectivity index (χ4n) is 2.23. The first kappa shape index (κ1) is 10.4. The van der Waals surface area contributed by atoms with E-state index in [9.17, 15) is 9.90 Å². The lowest BCUT2D eigenvalue weighted by atomic mass is 9.81. The molecule has 2 rings (SSSR count). The predicted molar refractivity (Wildman–Crippen MR) is 58.7 cm³/mol. The molecule has 1 aliphatic rings. The smallest absolute Gasteiger partial charge is 0.168 e. The maximum Gasteiger partial charge on any atom is 0.168 e. The highest BCUT2D eigenvalue weighted by atomic mass is 16.3. The zero-order valence-electron chi connectivity index (χ0n) is 8.73. The van der Waals surface area contributed by atoms with Crippen LogP contribution in [0.1, 0.15) is 36.0 Å². The molecule has 0 radical (unpaired) electrons. The molecule has 80 valence electrons. The molecule has 0 unspecified atom stereocenters. The molecular formula is C13H16O2. The summed E-state index contributed by atoms with van der Waals surface area (Å²) in [5.41, 5.74) is 0.725. The van der Waals surface area contributed by atoms with Gasteiger partial charge in [-0.05, 0) is 12.8 Å². The average molecular weight is 204 g/mol. The van der Waals surface area contributed by atoms with Gasteiger partial charge in [-0.25, -0.2) is 0 Å². The van der Waals surface area contributed by atoms with Crippen LogP contribution in [-0.2, 0) is 0 Å². The number of aliphatic hydroxyl groups excluding tert-OH is 1. The summed E-state index contributed by atoms with van der Waals surface area (Å²) in [4.78, 5) is 12.1. The van der Waals surface area contributed by atoms with E-state index in [1.54, 1.807) is 0 Å². The molecule has 0 spiro atoms. The van der Waals surface area contributed by atoms with Crippen LogP contribution in [0.3, 0.4) is 0 Å². The highest BCUT2D eigenvalue weighted by molar-refractivity contribution is 5.98. The molecule has 1 aliphatic carbocycles. The first-order valence-corrected chi connectivity index (χ1v) is 5.56. The summed E-state index contributed by atoms with van der Waals surface area (Å²) < 4.78 is 0. The highest BCUT2D eigenvalue weighted by Crippen LogP contribution is 2.27. The van der Waals surface area contributed by atoms with E-state index in [1.165, 1.54) is 0 Å². The Kier molecular flexibility index (Phi) is 3.17. The van der Waals surface area contributed by atoms with Crippen LogP contribution in [0.5, 0.6) is 0 Å². The number of hydrogen-bond donors (Lipinski definition) is 1. The van der Waals surface area contributed by atoms with Crippen LogP contribution >= 0.6 is 0 Å². The van der Waals surface area contributed by atoms with Crippen molar-refractivity contribution < 1.29 is 9.90 Å². The monoisotopic (exact) mass is 204 g/mol. The van der Waals surface area contributed by atoms with Crippen LogP contribution in [0.25, 0.3) is 0 Å². The third-order valence-electron chi connectivity index (χ3n) is 3.12. The van der Waals surface area contributed by atoms with Crippen molar-refractivity contribution in [3.63, 3.8) is 0 Å². The molecule has 1 saturated carbocycles. The van der Waals surface area contributed by atoms with Crippen molar-refractivity contribution in [2.75, 3.05) is 0 Å². The van der Waals surface area contributed by atoms with E-state index >= 15 is 0 Å². The van der Waals surface area contributed by atoms with E-state index in [0.717, 1.165) is 31.2 Å². The molecule has 1 fully saturated rings. The topological polar surface area (TPSA) is 37.3 Å². The number of ketones is 1. The molecule has 0 saturated heterocycles. The minimum Gasteiger partial charge on any atom is -0.392 e. The number of Topliss-reactive ketones (excluding diaryl/α,β-unsaturated/α-hetero) is 1. The SMILES string of the molecule is O=C(c1ccccc1)[C@@H]1CCCC[C@@H]1O. The largest absolute Gasteiger partial charge is 0.392 e. The molecule has 2 heteroatoms. The van der Waals surface area contributed by atoms with Crippen LogP contribution in [0, 0.1) is 5.92 Å². The molecule has 2 nitrogen and oxygen atoms in total. The number of carbonyl (C=O) groups is 1. The summed E-state index contributed by atoms with van der Waals surface area (Å²) in [5, 5.41) is 9.78. The third-order valence-corrected chi connectivity index (χ3v) is 3.12. The van der Waals surface area contributed by atoms with E-state index in [1.807, 2.05) is 30.3 Å². The highest BCUT2D eigenvalue weighted by Gasteiger charge is 2.29. The van der Waals surface area contributed by atoms with Gasteiger partial charge in [0.2, 0.25) is 0 Å². The Morgan fingerprint density at radius 3 is 2.47 bits per heavy atom. The van der Waals surface area contributed by atoms with Gasteiger partial charge in [0, 0.05) is 11.5 Å². The number of aliphatic hydroxyl groups is 1. The summed E-state index contributed by atoms with van der Waals surface area (Å²) in [6.07, 6.45) is 3.25. The molecule has 1 aromatic carbocycles. The molecule has 15 heavy (non-hydrogen) atoms. The van der Waals surface area contributed by atoms with Gasteiger partial charge < -0.3 is 5.11 Å². The molecular weight excluding hydrogens is 188 g/mol. The lowest BCUT2D eigenvalue weighted by Gasteiger charge is -2.26. The van der Waals surface area contributed by atoms with E-state index in [2.05, 4.69) is 0 Å². The summed E-state index contributed by atoms with van der Waals surface area (Å²) in [7, 11) is 0. The zero-order chi connectivity index (χ0) is 10.7. The minimum absolute atomic E-state index is 0.0998. The molecule has 2 atom stereocenters. The summed E-state index contributed by atoms with van der Waals surface area (Å²) >= 11 is 0. The van der Waals surface area contributed by atoms with Crippen molar-refractivity contribution in [3.05, 3.63) is 35.9 Å². The Morgan fingerprint density at radius 2 is 1.80 bits per heavy atom. The lowest BCUT2D eigenvalue weighted by Crippen LogP contribution is -2.31. The van der Waals surface area contributed by atoms with Crippen molar-refractivity contribution in [3.8, 4) is 0 Å². The van der Waals surface area contributed by atoms with Crippen LogP contribution in [0.4, 0.5) is 0 Å². The van der Waals surface area contributed by atoms with Gasteiger partial charge in [-0.1, -0.05) is 43.2 Å². The van der Waals surface area contributed by atoms with Gasteiger partial charge in [0.25, 0.3) is 0 Å². The Hall–Kier alpha value is -1.15. The number of benzene rings is 1. The first-order chi connectivity index (χ1) is 7.29. The molecule has 1 aromatic rings. The van der Waals surface area contributed by atoms with Crippen molar-refractivity contribution in [2.24, 2.45) is 5.92 Å².